The SMILES string of the molecule is COc1ccc(/C=C/Cc2ccc(OC(C)C)cc2OC(C)C)c(OC)c1C. The predicted octanol–water partition coefficient (Wildman–Crippen LogP) is 5.84. The molecule has 0 unspecified atom stereocenters. The van der Waals surface area contributed by atoms with Crippen LogP contribution in [0.5, 0.6) is 23.0 Å². The maximum absolute atomic E-state index is 6.01. The summed E-state index contributed by atoms with van der Waals surface area (Å²) in [5.41, 5.74) is 3.13. The highest BCUT2D eigenvalue weighted by Crippen LogP contribution is 2.32. The van der Waals surface area contributed by atoms with E-state index in [1.54, 1.807) is 14.2 Å². The van der Waals surface area contributed by atoms with Gasteiger partial charge in [0.25, 0.3) is 0 Å². The summed E-state index contributed by atoms with van der Waals surface area (Å²) in [7, 11) is 3.35. The minimum Gasteiger partial charge on any atom is -0.496 e. The molecule has 0 amide bonds. The van der Waals surface area contributed by atoms with Gasteiger partial charge < -0.3 is 18.9 Å². The molecule has 0 N–H and O–H groups in total. The molecule has 0 bridgehead atoms. The van der Waals surface area contributed by atoms with Gasteiger partial charge in [-0.15, -0.1) is 0 Å². The maximum Gasteiger partial charge on any atom is 0.132 e. The van der Waals surface area contributed by atoms with Gasteiger partial charge in [-0.25, -0.2) is 0 Å². The lowest BCUT2D eigenvalue weighted by molar-refractivity contribution is 0.228. The summed E-state index contributed by atoms with van der Waals surface area (Å²) in [6.45, 7) is 10.1. The molecule has 0 aliphatic rings. The van der Waals surface area contributed by atoms with E-state index in [1.807, 2.05) is 58.9 Å². The number of rotatable bonds is 9. The zero-order valence-electron chi connectivity index (χ0n) is 18.0. The number of methoxy groups -OCH3 is 2. The normalized spacial score (nSPS) is 11.3. The van der Waals surface area contributed by atoms with Crippen molar-refractivity contribution in [1.82, 2.24) is 0 Å². The van der Waals surface area contributed by atoms with Crippen LogP contribution in [0.1, 0.15) is 44.4 Å². The highest BCUT2D eigenvalue weighted by molar-refractivity contribution is 5.63. The lowest BCUT2D eigenvalue weighted by atomic mass is 10.1. The van der Waals surface area contributed by atoms with Crippen LogP contribution in [-0.4, -0.2) is 26.4 Å². The lowest BCUT2D eigenvalue weighted by Gasteiger charge is -2.16. The average molecular weight is 385 g/mol. The minimum atomic E-state index is 0.0985. The Labute approximate surface area is 169 Å². The summed E-state index contributed by atoms with van der Waals surface area (Å²) in [6, 6.07) is 10.0. The highest BCUT2D eigenvalue weighted by Gasteiger charge is 2.10. The number of ether oxygens (including phenoxy) is 4. The van der Waals surface area contributed by atoms with Crippen LogP contribution < -0.4 is 18.9 Å². The Morgan fingerprint density at radius 2 is 1.57 bits per heavy atom. The van der Waals surface area contributed by atoms with E-state index in [-0.39, 0.29) is 12.2 Å². The monoisotopic (exact) mass is 384 g/mol. The zero-order chi connectivity index (χ0) is 20.7. The second kappa shape index (κ2) is 10.1. The van der Waals surface area contributed by atoms with Crippen LogP contribution in [0.15, 0.2) is 36.4 Å². The molecule has 0 aliphatic carbocycles. The molecule has 0 saturated carbocycles. The van der Waals surface area contributed by atoms with Gasteiger partial charge in [0, 0.05) is 17.2 Å². The van der Waals surface area contributed by atoms with Crippen molar-refractivity contribution in [3.05, 3.63) is 53.1 Å². The minimum absolute atomic E-state index is 0.0985. The molecular weight excluding hydrogens is 352 g/mol. The first-order valence-electron chi connectivity index (χ1n) is 9.70. The predicted molar refractivity (Wildman–Crippen MR) is 115 cm³/mol. The lowest BCUT2D eigenvalue weighted by Crippen LogP contribution is -2.09. The first-order chi connectivity index (χ1) is 13.3. The first-order valence-corrected chi connectivity index (χ1v) is 9.70. The van der Waals surface area contributed by atoms with Crippen molar-refractivity contribution in [2.45, 2.75) is 53.2 Å². The third-order valence-electron chi connectivity index (χ3n) is 4.22. The fourth-order valence-corrected chi connectivity index (χ4v) is 3.04. The topological polar surface area (TPSA) is 36.9 Å². The molecule has 0 fully saturated rings. The van der Waals surface area contributed by atoms with Crippen LogP contribution in [-0.2, 0) is 6.42 Å². The van der Waals surface area contributed by atoms with Gasteiger partial charge in [-0.05, 0) is 64.8 Å². The molecule has 0 heterocycles. The van der Waals surface area contributed by atoms with E-state index in [0.717, 1.165) is 46.1 Å². The van der Waals surface area contributed by atoms with E-state index >= 15 is 0 Å². The molecule has 0 aromatic heterocycles. The molecule has 4 nitrogen and oxygen atoms in total. The van der Waals surface area contributed by atoms with E-state index in [4.69, 9.17) is 18.9 Å². The Bertz CT molecular complexity index is 806. The van der Waals surface area contributed by atoms with E-state index in [9.17, 15) is 0 Å². The summed E-state index contributed by atoms with van der Waals surface area (Å²) in [5, 5.41) is 0. The fraction of sp³-hybridized carbons (Fsp3) is 0.417. The fourth-order valence-electron chi connectivity index (χ4n) is 3.04. The second-order valence-corrected chi connectivity index (χ2v) is 7.22. The van der Waals surface area contributed by atoms with Gasteiger partial charge in [0.15, 0.2) is 0 Å². The van der Waals surface area contributed by atoms with Gasteiger partial charge in [0.1, 0.15) is 23.0 Å². The van der Waals surface area contributed by atoms with Crippen molar-refractivity contribution < 1.29 is 18.9 Å². The summed E-state index contributed by atoms with van der Waals surface area (Å²) in [4.78, 5) is 0. The highest BCUT2D eigenvalue weighted by atomic mass is 16.5. The molecular formula is C24H32O4. The van der Waals surface area contributed by atoms with Crippen molar-refractivity contribution in [1.29, 1.82) is 0 Å². The Kier molecular flexibility index (Phi) is 7.80. The van der Waals surface area contributed by atoms with Crippen LogP contribution in [0.4, 0.5) is 0 Å². The van der Waals surface area contributed by atoms with Crippen molar-refractivity contribution in [2.75, 3.05) is 14.2 Å². The molecule has 2 aromatic rings. The van der Waals surface area contributed by atoms with Crippen molar-refractivity contribution >= 4 is 6.08 Å². The molecule has 4 heteroatoms. The third-order valence-corrected chi connectivity index (χ3v) is 4.22. The number of allylic oxidation sites excluding steroid dienone is 1. The van der Waals surface area contributed by atoms with Gasteiger partial charge in [0.05, 0.1) is 26.4 Å². The number of hydrogen-bond acceptors (Lipinski definition) is 4. The standard InChI is InChI=1S/C24H32O4/c1-16(2)27-21-13-11-19(23(15-21)28-17(3)4)9-8-10-20-12-14-22(25-6)18(5)24(20)26-7/h8,10-17H,9H2,1-7H3/b10-8+. The number of hydrogen-bond donors (Lipinski definition) is 0. The van der Waals surface area contributed by atoms with Crippen LogP contribution >= 0.6 is 0 Å². The van der Waals surface area contributed by atoms with Crippen molar-refractivity contribution in [3.8, 4) is 23.0 Å². The summed E-state index contributed by atoms with van der Waals surface area (Å²) < 4.78 is 22.8. The Hall–Kier alpha value is -2.62. The van der Waals surface area contributed by atoms with Crippen LogP contribution in [0.3, 0.4) is 0 Å². The summed E-state index contributed by atoms with van der Waals surface area (Å²) in [5.74, 6) is 3.33. The summed E-state index contributed by atoms with van der Waals surface area (Å²) in [6.07, 6.45) is 5.17. The Balaban J connectivity index is 2.24. The van der Waals surface area contributed by atoms with Gasteiger partial charge >= 0.3 is 0 Å². The number of benzene rings is 2. The second-order valence-electron chi connectivity index (χ2n) is 7.22. The molecule has 28 heavy (non-hydrogen) atoms. The van der Waals surface area contributed by atoms with Gasteiger partial charge in [-0.1, -0.05) is 18.2 Å². The maximum atomic E-state index is 6.01. The third kappa shape index (κ3) is 5.69. The van der Waals surface area contributed by atoms with Crippen LogP contribution in [0.2, 0.25) is 0 Å². The van der Waals surface area contributed by atoms with Crippen LogP contribution in [0, 0.1) is 6.92 Å². The van der Waals surface area contributed by atoms with Gasteiger partial charge in [0.2, 0.25) is 0 Å². The van der Waals surface area contributed by atoms with Crippen molar-refractivity contribution in [2.24, 2.45) is 0 Å². The first kappa shape index (κ1) is 21.7. The molecule has 0 spiro atoms. The van der Waals surface area contributed by atoms with Crippen molar-refractivity contribution in [3.63, 3.8) is 0 Å². The molecule has 0 aliphatic heterocycles. The average Bonchev–Trinajstić information content (AvgIpc) is 2.62. The zero-order valence-corrected chi connectivity index (χ0v) is 18.0. The van der Waals surface area contributed by atoms with E-state index in [0.29, 0.717) is 0 Å². The van der Waals surface area contributed by atoms with E-state index in [1.165, 1.54) is 0 Å². The van der Waals surface area contributed by atoms with Crippen LogP contribution in [0.25, 0.3) is 6.08 Å². The molecule has 0 radical (unpaired) electrons. The van der Waals surface area contributed by atoms with E-state index in [2.05, 4.69) is 18.2 Å². The Morgan fingerprint density at radius 3 is 2.18 bits per heavy atom. The molecule has 152 valence electrons. The quantitative estimate of drug-likeness (QED) is 0.544. The molecule has 2 aromatic carbocycles. The Morgan fingerprint density at radius 1 is 0.857 bits per heavy atom. The van der Waals surface area contributed by atoms with E-state index < -0.39 is 0 Å². The summed E-state index contributed by atoms with van der Waals surface area (Å²) >= 11 is 0. The molecule has 0 atom stereocenters. The smallest absolute Gasteiger partial charge is 0.132 e. The molecule has 2 rings (SSSR count). The van der Waals surface area contributed by atoms with Gasteiger partial charge in [-0.3, -0.25) is 0 Å². The largest absolute Gasteiger partial charge is 0.496 e. The van der Waals surface area contributed by atoms with Gasteiger partial charge in [-0.2, -0.15) is 0 Å². The molecule has 0 saturated heterocycles.